The van der Waals surface area contributed by atoms with Gasteiger partial charge in [-0.15, -0.1) is 0 Å². The number of allylic oxidation sites excluding steroid dienone is 1. The summed E-state index contributed by atoms with van der Waals surface area (Å²) in [7, 11) is 0. The number of rotatable bonds is 3. The SMILES string of the molecule is C=C(C)C(O)CC1=C(C)OC(C)(C)OC1=O. The van der Waals surface area contributed by atoms with Crippen LogP contribution in [-0.2, 0) is 14.3 Å². The van der Waals surface area contributed by atoms with Crippen LogP contribution in [0.15, 0.2) is 23.5 Å². The van der Waals surface area contributed by atoms with E-state index in [0.717, 1.165) is 0 Å². The number of ether oxygens (including phenoxy) is 2. The van der Waals surface area contributed by atoms with Crippen LogP contribution in [0, 0.1) is 0 Å². The van der Waals surface area contributed by atoms with E-state index in [4.69, 9.17) is 9.47 Å². The Morgan fingerprint density at radius 1 is 1.50 bits per heavy atom. The lowest BCUT2D eigenvalue weighted by Crippen LogP contribution is -2.37. The van der Waals surface area contributed by atoms with Gasteiger partial charge in [-0.1, -0.05) is 12.2 Å². The highest BCUT2D eigenvalue weighted by atomic mass is 16.7. The maximum absolute atomic E-state index is 11.7. The first-order valence-corrected chi connectivity index (χ1v) is 5.18. The average molecular weight is 226 g/mol. The van der Waals surface area contributed by atoms with Crippen molar-refractivity contribution in [1.29, 1.82) is 0 Å². The van der Waals surface area contributed by atoms with Gasteiger partial charge in [-0.2, -0.15) is 0 Å². The van der Waals surface area contributed by atoms with E-state index in [1.165, 1.54) is 0 Å². The molecule has 0 spiro atoms. The van der Waals surface area contributed by atoms with Gasteiger partial charge in [-0.05, 0) is 13.8 Å². The summed E-state index contributed by atoms with van der Waals surface area (Å²) < 4.78 is 10.5. The first-order valence-electron chi connectivity index (χ1n) is 5.18. The molecule has 1 atom stereocenters. The minimum atomic E-state index is -0.932. The van der Waals surface area contributed by atoms with Crippen LogP contribution >= 0.6 is 0 Å². The number of esters is 1. The predicted octanol–water partition coefficient (Wildman–Crippen LogP) is 1.90. The summed E-state index contributed by atoms with van der Waals surface area (Å²) in [5, 5.41) is 9.65. The molecule has 0 aliphatic carbocycles. The molecule has 4 nitrogen and oxygen atoms in total. The van der Waals surface area contributed by atoms with Crippen molar-refractivity contribution < 1.29 is 19.4 Å². The van der Waals surface area contributed by atoms with E-state index in [1.54, 1.807) is 27.7 Å². The van der Waals surface area contributed by atoms with Gasteiger partial charge in [-0.25, -0.2) is 4.79 Å². The van der Waals surface area contributed by atoms with Crippen molar-refractivity contribution in [2.24, 2.45) is 0 Å². The van der Waals surface area contributed by atoms with E-state index >= 15 is 0 Å². The van der Waals surface area contributed by atoms with Crippen LogP contribution in [-0.4, -0.2) is 23.0 Å². The largest absolute Gasteiger partial charge is 0.457 e. The number of hydrogen-bond acceptors (Lipinski definition) is 4. The Labute approximate surface area is 95.6 Å². The topological polar surface area (TPSA) is 55.8 Å². The fourth-order valence-corrected chi connectivity index (χ4v) is 1.47. The van der Waals surface area contributed by atoms with E-state index < -0.39 is 17.9 Å². The van der Waals surface area contributed by atoms with Gasteiger partial charge in [0.15, 0.2) is 0 Å². The summed E-state index contributed by atoms with van der Waals surface area (Å²) in [5.41, 5.74) is 0.979. The molecule has 0 aromatic rings. The van der Waals surface area contributed by atoms with E-state index in [9.17, 15) is 9.90 Å². The second-order valence-corrected chi connectivity index (χ2v) is 4.49. The highest BCUT2D eigenvalue weighted by Gasteiger charge is 2.34. The van der Waals surface area contributed by atoms with Crippen molar-refractivity contribution in [3.63, 3.8) is 0 Å². The molecular weight excluding hydrogens is 208 g/mol. The van der Waals surface area contributed by atoms with Gasteiger partial charge in [0.25, 0.3) is 0 Å². The highest BCUT2D eigenvalue weighted by molar-refractivity contribution is 5.90. The smallest absolute Gasteiger partial charge is 0.340 e. The fraction of sp³-hybridized carbons (Fsp3) is 0.583. The van der Waals surface area contributed by atoms with Gasteiger partial charge in [0.1, 0.15) is 5.76 Å². The Kier molecular flexibility index (Phi) is 3.43. The van der Waals surface area contributed by atoms with Crippen LogP contribution in [0.1, 0.15) is 34.1 Å². The van der Waals surface area contributed by atoms with Gasteiger partial charge < -0.3 is 14.6 Å². The Morgan fingerprint density at radius 3 is 2.50 bits per heavy atom. The molecule has 0 aromatic carbocycles. The lowest BCUT2D eigenvalue weighted by molar-refractivity contribution is -0.207. The third-order valence-electron chi connectivity index (χ3n) is 2.38. The summed E-state index contributed by atoms with van der Waals surface area (Å²) >= 11 is 0. The molecule has 0 amide bonds. The minimum absolute atomic E-state index is 0.177. The predicted molar refractivity (Wildman–Crippen MR) is 59.4 cm³/mol. The Bertz CT molecular complexity index is 352. The second kappa shape index (κ2) is 4.29. The summed E-state index contributed by atoms with van der Waals surface area (Å²) in [6.07, 6.45) is -0.571. The van der Waals surface area contributed by atoms with Crippen molar-refractivity contribution >= 4 is 5.97 Å². The third kappa shape index (κ3) is 2.85. The zero-order valence-electron chi connectivity index (χ0n) is 10.2. The number of cyclic esters (lactones) is 1. The Morgan fingerprint density at radius 2 is 2.06 bits per heavy atom. The number of carbonyl (C=O) groups excluding carboxylic acids is 1. The van der Waals surface area contributed by atoms with Crippen LogP contribution in [0.4, 0.5) is 0 Å². The summed E-state index contributed by atoms with van der Waals surface area (Å²) in [6, 6.07) is 0. The summed E-state index contributed by atoms with van der Waals surface area (Å²) in [4.78, 5) is 11.7. The molecule has 16 heavy (non-hydrogen) atoms. The fourth-order valence-electron chi connectivity index (χ4n) is 1.47. The van der Waals surface area contributed by atoms with Gasteiger partial charge in [0.05, 0.1) is 11.7 Å². The molecule has 0 saturated heterocycles. The maximum Gasteiger partial charge on any atom is 0.340 e. The van der Waals surface area contributed by atoms with Crippen LogP contribution in [0.2, 0.25) is 0 Å². The molecule has 0 radical (unpaired) electrons. The molecule has 4 heteroatoms. The van der Waals surface area contributed by atoms with Crippen molar-refractivity contribution in [3.05, 3.63) is 23.5 Å². The Hall–Kier alpha value is -1.29. The molecule has 0 fully saturated rings. The van der Waals surface area contributed by atoms with Crippen molar-refractivity contribution in [1.82, 2.24) is 0 Å². The number of aliphatic hydroxyl groups is 1. The molecule has 1 heterocycles. The van der Waals surface area contributed by atoms with Crippen LogP contribution in [0.5, 0.6) is 0 Å². The zero-order chi connectivity index (χ0) is 12.5. The zero-order valence-corrected chi connectivity index (χ0v) is 10.2. The quantitative estimate of drug-likeness (QED) is 0.590. The normalized spacial score (nSPS) is 21.2. The molecule has 0 saturated carbocycles. The monoisotopic (exact) mass is 226 g/mol. The third-order valence-corrected chi connectivity index (χ3v) is 2.38. The maximum atomic E-state index is 11.7. The van der Waals surface area contributed by atoms with Crippen LogP contribution in [0.3, 0.4) is 0 Å². The number of aliphatic hydroxyl groups excluding tert-OH is 1. The molecule has 1 rings (SSSR count). The number of hydrogen-bond donors (Lipinski definition) is 1. The van der Waals surface area contributed by atoms with Gasteiger partial charge in [-0.3, -0.25) is 0 Å². The van der Waals surface area contributed by atoms with Crippen molar-refractivity contribution in [2.45, 2.75) is 46.0 Å². The molecule has 0 aromatic heterocycles. The number of carbonyl (C=O) groups is 1. The van der Waals surface area contributed by atoms with Crippen molar-refractivity contribution in [2.75, 3.05) is 0 Å². The Balaban J connectivity index is 2.87. The van der Waals surface area contributed by atoms with Gasteiger partial charge in [0, 0.05) is 20.3 Å². The van der Waals surface area contributed by atoms with Gasteiger partial charge in [0.2, 0.25) is 5.79 Å². The van der Waals surface area contributed by atoms with E-state index in [-0.39, 0.29) is 6.42 Å². The van der Waals surface area contributed by atoms with E-state index in [1.807, 2.05) is 0 Å². The lowest BCUT2D eigenvalue weighted by atomic mass is 10.0. The first kappa shape index (κ1) is 12.8. The van der Waals surface area contributed by atoms with E-state index in [0.29, 0.717) is 16.9 Å². The van der Waals surface area contributed by atoms with Crippen LogP contribution in [0.25, 0.3) is 0 Å². The summed E-state index contributed by atoms with van der Waals surface area (Å²) in [6.45, 7) is 10.4. The van der Waals surface area contributed by atoms with Crippen molar-refractivity contribution in [3.8, 4) is 0 Å². The van der Waals surface area contributed by atoms with E-state index in [2.05, 4.69) is 6.58 Å². The standard InChI is InChI=1S/C12H18O4/c1-7(2)10(13)6-9-8(3)15-12(4,5)16-11(9)14/h10,13H,1,6H2,2-5H3. The molecule has 1 unspecified atom stereocenters. The summed E-state index contributed by atoms with van der Waals surface area (Å²) in [5.74, 6) is -0.866. The second-order valence-electron chi connectivity index (χ2n) is 4.49. The van der Waals surface area contributed by atoms with Crippen LogP contribution < -0.4 is 0 Å². The highest BCUT2D eigenvalue weighted by Crippen LogP contribution is 2.29. The molecule has 90 valence electrons. The lowest BCUT2D eigenvalue weighted by Gasteiger charge is -2.32. The first-order chi connectivity index (χ1) is 7.23. The van der Waals surface area contributed by atoms with Gasteiger partial charge >= 0.3 is 5.97 Å². The molecular formula is C12H18O4. The molecule has 1 aliphatic rings. The average Bonchev–Trinajstić information content (AvgIpc) is 2.09. The molecule has 1 aliphatic heterocycles. The molecule has 0 bridgehead atoms. The molecule has 1 N–H and O–H groups in total. The minimum Gasteiger partial charge on any atom is -0.457 e.